The molecule has 0 aliphatic carbocycles. The van der Waals surface area contributed by atoms with E-state index >= 15 is 4.39 Å². The van der Waals surface area contributed by atoms with Gasteiger partial charge < -0.3 is 14.4 Å². The zero-order chi connectivity index (χ0) is 27.7. The monoisotopic (exact) mass is 527 g/mol. The number of halogens is 2. The van der Waals surface area contributed by atoms with E-state index in [-0.39, 0.29) is 29.2 Å². The lowest BCUT2D eigenvalue weighted by Gasteiger charge is -2.15. The van der Waals surface area contributed by atoms with Crippen LogP contribution in [0.4, 0.5) is 8.78 Å². The van der Waals surface area contributed by atoms with Crippen molar-refractivity contribution in [3.8, 4) is 28.4 Å². The highest BCUT2D eigenvalue weighted by molar-refractivity contribution is 5.98. The average Bonchev–Trinajstić information content (AvgIpc) is 2.91. The Hall–Kier alpha value is -4.92. The van der Waals surface area contributed by atoms with Crippen LogP contribution in [0.5, 0.6) is 17.2 Å². The molecule has 0 amide bonds. The van der Waals surface area contributed by atoms with Crippen molar-refractivity contribution >= 4 is 16.8 Å². The van der Waals surface area contributed by atoms with Gasteiger partial charge >= 0.3 is 0 Å². The molecule has 0 bridgehead atoms. The fourth-order valence-electron chi connectivity index (χ4n) is 4.45. The van der Waals surface area contributed by atoms with Crippen LogP contribution in [0.2, 0.25) is 0 Å². The molecule has 7 nitrogen and oxygen atoms in total. The Balaban J connectivity index is 1.43. The summed E-state index contributed by atoms with van der Waals surface area (Å²) in [6, 6.07) is 12.6. The first-order valence-corrected chi connectivity index (χ1v) is 12.2. The summed E-state index contributed by atoms with van der Waals surface area (Å²) in [6.07, 6.45) is 4.00. The Kier molecular flexibility index (Phi) is 6.89. The number of ether oxygens (including phenoxy) is 1. The Morgan fingerprint density at radius 2 is 1.79 bits per heavy atom. The number of rotatable bonds is 7. The molecule has 5 rings (SSSR count). The number of Topliss-reactive ketones (excluding diaryl/α,β-unsaturated/α-hetero) is 1. The van der Waals surface area contributed by atoms with Crippen molar-refractivity contribution in [3.05, 3.63) is 112 Å². The van der Waals surface area contributed by atoms with E-state index in [1.807, 2.05) is 6.92 Å². The van der Waals surface area contributed by atoms with Crippen LogP contribution in [0.1, 0.15) is 28.5 Å². The van der Waals surface area contributed by atoms with Crippen molar-refractivity contribution in [1.82, 2.24) is 14.5 Å². The Morgan fingerprint density at radius 1 is 1.03 bits per heavy atom. The highest BCUT2D eigenvalue weighted by Crippen LogP contribution is 2.31. The van der Waals surface area contributed by atoms with Crippen molar-refractivity contribution in [2.75, 3.05) is 0 Å². The zero-order valence-electron chi connectivity index (χ0n) is 21.1. The van der Waals surface area contributed by atoms with Gasteiger partial charge in [0.2, 0.25) is 0 Å². The largest absolute Gasteiger partial charge is 0.506 e. The van der Waals surface area contributed by atoms with Crippen LogP contribution >= 0.6 is 0 Å². The molecular weight excluding hydrogens is 504 g/mol. The average molecular weight is 528 g/mol. The van der Waals surface area contributed by atoms with Crippen molar-refractivity contribution in [2.24, 2.45) is 0 Å². The number of pyridine rings is 3. The summed E-state index contributed by atoms with van der Waals surface area (Å²) in [5, 5.41) is 9.62. The summed E-state index contributed by atoms with van der Waals surface area (Å²) in [4.78, 5) is 34.9. The number of benzene rings is 2. The van der Waals surface area contributed by atoms with Gasteiger partial charge in [-0.15, -0.1) is 0 Å². The van der Waals surface area contributed by atoms with Gasteiger partial charge in [-0.1, -0.05) is 18.2 Å². The maximum Gasteiger partial charge on any atom is 0.200 e. The molecule has 0 atom stereocenters. The fraction of sp³-hybridized carbons (Fsp3) is 0.133. The molecular formula is C30H23F2N3O4. The molecule has 39 heavy (non-hydrogen) atoms. The summed E-state index contributed by atoms with van der Waals surface area (Å²) >= 11 is 0. The summed E-state index contributed by atoms with van der Waals surface area (Å²) in [6.45, 7) is 4.17. The summed E-state index contributed by atoms with van der Waals surface area (Å²) in [5.41, 5.74) is 2.09. The first kappa shape index (κ1) is 25.7. The van der Waals surface area contributed by atoms with Gasteiger partial charge in [-0.25, -0.2) is 13.8 Å². The number of aromatic nitrogens is 3. The number of carbonyl (C=O) groups excluding carboxylic acids is 1. The number of fused-ring (bicyclic) bond motifs is 1. The molecule has 0 aliphatic rings. The summed E-state index contributed by atoms with van der Waals surface area (Å²) < 4.78 is 36.0. The molecule has 0 fully saturated rings. The molecule has 0 aliphatic heterocycles. The van der Waals surface area contributed by atoms with E-state index in [1.165, 1.54) is 67.1 Å². The molecule has 9 heteroatoms. The van der Waals surface area contributed by atoms with E-state index in [9.17, 15) is 19.1 Å². The van der Waals surface area contributed by atoms with Crippen LogP contribution < -0.4 is 10.2 Å². The fourth-order valence-corrected chi connectivity index (χ4v) is 4.45. The molecule has 1 N–H and O–H groups in total. The van der Waals surface area contributed by atoms with Gasteiger partial charge in [0.05, 0.1) is 17.3 Å². The van der Waals surface area contributed by atoms with Crippen LogP contribution in [-0.2, 0) is 13.0 Å². The van der Waals surface area contributed by atoms with Crippen molar-refractivity contribution in [2.45, 2.75) is 26.8 Å². The van der Waals surface area contributed by atoms with Gasteiger partial charge in [0.25, 0.3) is 0 Å². The van der Waals surface area contributed by atoms with Crippen molar-refractivity contribution in [1.29, 1.82) is 0 Å². The number of aromatic hydroxyl groups is 1. The van der Waals surface area contributed by atoms with Crippen molar-refractivity contribution < 1.29 is 23.4 Å². The maximum absolute atomic E-state index is 15.0. The van der Waals surface area contributed by atoms with Gasteiger partial charge in [0.15, 0.2) is 28.5 Å². The highest BCUT2D eigenvalue weighted by atomic mass is 19.1. The lowest BCUT2D eigenvalue weighted by Crippen LogP contribution is -2.23. The van der Waals surface area contributed by atoms with Crippen LogP contribution in [0.15, 0.2) is 78.0 Å². The van der Waals surface area contributed by atoms with E-state index in [2.05, 4.69) is 9.97 Å². The van der Waals surface area contributed by atoms with Gasteiger partial charge in [-0.05, 0) is 49.2 Å². The normalized spacial score (nSPS) is 11.1. The first-order chi connectivity index (χ1) is 18.7. The predicted molar refractivity (Wildman–Crippen MR) is 142 cm³/mol. The van der Waals surface area contributed by atoms with Crippen LogP contribution in [0, 0.1) is 18.6 Å². The standard InChI is InChI=1S/C30H23F2N3O4/c1-3-35-16-22(30(38)28(17(35)2)19-5-7-20(31)8-6-19)25(37)13-18-4-9-26(23(32)12-18)39-27-10-11-33-24-14-21(36)15-34-29(24)27/h4-12,14-16,36H,3,13H2,1-2H3. The second kappa shape index (κ2) is 10.4. The van der Waals surface area contributed by atoms with Crippen molar-refractivity contribution in [3.63, 3.8) is 0 Å². The molecule has 3 heterocycles. The predicted octanol–water partition coefficient (Wildman–Crippen LogP) is 5.99. The molecule has 0 saturated carbocycles. The number of aryl methyl sites for hydroxylation is 1. The highest BCUT2D eigenvalue weighted by Gasteiger charge is 2.20. The number of hydrogen-bond acceptors (Lipinski definition) is 6. The van der Waals surface area contributed by atoms with E-state index in [0.29, 0.717) is 40.0 Å². The third-order valence-corrected chi connectivity index (χ3v) is 6.43. The Morgan fingerprint density at radius 3 is 2.51 bits per heavy atom. The van der Waals surface area contributed by atoms with Crippen LogP contribution in [0.3, 0.4) is 0 Å². The van der Waals surface area contributed by atoms with Gasteiger partial charge in [-0.2, -0.15) is 0 Å². The van der Waals surface area contributed by atoms with Gasteiger partial charge in [0, 0.05) is 48.7 Å². The molecule has 0 spiro atoms. The third-order valence-electron chi connectivity index (χ3n) is 6.43. The molecule has 0 unspecified atom stereocenters. The van der Waals surface area contributed by atoms with Crippen LogP contribution in [-0.4, -0.2) is 25.4 Å². The molecule has 2 aromatic carbocycles. The number of ketones is 1. The van der Waals surface area contributed by atoms with Gasteiger partial charge in [0.1, 0.15) is 17.1 Å². The number of nitrogens with zero attached hydrogens (tertiary/aromatic N) is 3. The van der Waals surface area contributed by atoms with E-state index in [0.717, 1.165) is 0 Å². The number of hydrogen-bond donors (Lipinski definition) is 1. The Labute approximate surface area is 222 Å². The lowest BCUT2D eigenvalue weighted by atomic mass is 9.97. The second-order valence-corrected chi connectivity index (χ2v) is 8.96. The zero-order valence-corrected chi connectivity index (χ0v) is 21.1. The smallest absolute Gasteiger partial charge is 0.200 e. The van der Waals surface area contributed by atoms with E-state index in [4.69, 9.17) is 4.74 Å². The van der Waals surface area contributed by atoms with Gasteiger partial charge in [-0.3, -0.25) is 14.6 Å². The minimum atomic E-state index is -0.703. The minimum absolute atomic E-state index is 0.0277. The van der Waals surface area contributed by atoms with E-state index < -0.39 is 22.8 Å². The molecule has 3 aromatic heterocycles. The molecule has 0 radical (unpaired) electrons. The first-order valence-electron chi connectivity index (χ1n) is 12.2. The molecule has 0 saturated heterocycles. The summed E-state index contributed by atoms with van der Waals surface area (Å²) in [5.74, 6) is -1.50. The molecule has 5 aromatic rings. The third kappa shape index (κ3) is 5.11. The Bertz CT molecular complexity index is 1780. The lowest BCUT2D eigenvalue weighted by molar-refractivity contribution is 0.0991. The maximum atomic E-state index is 15.0. The number of carbonyl (C=O) groups is 1. The minimum Gasteiger partial charge on any atom is -0.506 e. The quantitative estimate of drug-likeness (QED) is 0.262. The van der Waals surface area contributed by atoms with Crippen LogP contribution in [0.25, 0.3) is 22.2 Å². The summed E-state index contributed by atoms with van der Waals surface area (Å²) in [7, 11) is 0. The SMILES string of the molecule is CCn1cc(C(=O)Cc2ccc(Oc3ccnc4cc(O)cnc34)c(F)c2)c(=O)c(-c2ccc(F)cc2)c1C. The van der Waals surface area contributed by atoms with E-state index in [1.54, 1.807) is 17.6 Å². The second-order valence-electron chi connectivity index (χ2n) is 8.96. The molecule has 196 valence electrons. The topological polar surface area (TPSA) is 94.3 Å².